The van der Waals surface area contributed by atoms with E-state index < -0.39 is 0 Å². The lowest BCUT2D eigenvalue weighted by molar-refractivity contribution is 0.457. The third kappa shape index (κ3) is 8.79. The van der Waals surface area contributed by atoms with Crippen LogP contribution in [0.1, 0.15) is 96.8 Å². The second kappa shape index (κ2) is 12.4. The first kappa shape index (κ1) is 17.8. The van der Waals surface area contributed by atoms with Crippen LogP contribution in [0.25, 0.3) is 0 Å². The zero-order valence-electron chi connectivity index (χ0n) is 13.8. The van der Waals surface area contributed by atoms with E-state index in [1.807, 2.05) is 6.08 Å². The minimum Gasteiger partial charge on any atom is -0.311 e. The lowest BCUT2D eigenvalue weighted by atomic mass is 10.0. The molecule has 1 N–H and O–H groups in total. The predicted molar refractivity (Wildman–Crippen MR) is 91.2 cm³/mol. The number of rotatable bonds is 13. The summed E-state index contributed by atoms with van der Waals surface area (Å²) in [5, 5.41) is 3.85. The zero-order valence-corrected chi connectivity index (χ0v) is 13.8. The Bertz CT molecular complexity index is 224. The summed E-state index contributed by atoms with van der Waals surface area (Å²) in [4.78, 5) is 0. The predicted octanol–water partition coefficient (Wildman–Crippen LogP) is 5.99. The van der Waals surface area contributed by atoms with Crippen molar-refractivity contribution in [1.82, 2.24) is 5.32 Å². The summed E-state index contributed by atoms with van der Waals surface area (Å²) in [5.74, 6) is 0. The molecule has 2 unspecified atom stereocenters. The highest BCUT2D eigenvalue weighted by atomic mass is 15.0. The average molecular weight is 280 g/mol. The number of nitrogens with one attached hydrogen (secondary N) is 1. The summed E-state index contributed by atoms with van der Waals surface area (Å²) in [6, 6.07) is 1.64. The lowest BCUT2D eigenvalue weighted by Crippen LogP contribution is -2.29. The van der Waals surface area contributed by atoms with Gasteiger partial charge in [0, 0.05) is 12.1 Å². The largest absolute Gasteiger partial charge is 0.311 e. The van der Waals surface area contributed by atoms with Crippen LogP contribution in [0.3, 0.4) is 0 Å². The molecule has 1 nitrogen and oxygen atoms in total. The molecule has 1 saturated heterocycles. The molecule has 0 amide bonds. The van der Waals surface area contributed by atoms with Gasteiger partial charge in [-0.3, -0.25) is 0 Å². The van der Waals surface area contributed by atoms with Gasteiger partial charge in [-0.2, -0.15) is 0 Å². The first-order chi connectivity index (χ1) is 9.86. The molecule has 0 bridgehead atoms. The highest BCUT2D eigenvalue weighted by Crippen LogP contribution is 2.21. The van der Waals surface area contributed by atoms with E-state index in [0.29, 0.717) is 0 Å². The molecule has 118 valence electrons. The van der Waals surface area contributed by atoms with E-state index >= 15 is 0 Å². The molecule has 0 aromatic heterocycles. The molecule has 1 fully saturated rings. The quantitative estimate of drug-likeness (QED) is 0.322. The van der Waals surface area contributed by atoms with Crippen molar-refractivity contribution in [2.75, 3.05) is 0 Å². The second-order valence-electron chi connectivity index (χ2n) is 6.62. The van der Waals surface area contributed by atoms with Crippen LogP contribution in [0, 0.1) is 0 Å². The highest BCUT2D eigenvalue weighted by Gasteiger charge is 2.22. The highest BCUT2D eigenvalue weighted by molar-refractivity contribution is 4.83. The van der Waals surface area contributed by atoms with Crippen LogP contribution in [0.4, 0.5) is 0 Å². The van der Waals surface area contributed by atoms with Gasteiger partial charge >= 0.3 is 0 Å². The topological polar surface area (TPSA) is 12.0 Å². The van der Waals surface area contributed by atoms with Gasteiger partial charge in [0.1, 0.15) is 0 Å². The zero-order chi connectivity index (χ0) is 14.5. The van der Waals surface area contributed by atoms with Crippen LogP contribution >= 0.6 is 0 Å². The number of hydrogen-bond acceptors (Lipinski definition) is 1. The average Bonchev–Trinajstić information content (AvgIpc) is 2.90. The third-order valence-electron chi connectivity index (χ3n) is 4.70. The van der Waals surface area contributed by atoms with E-state index in [1.165, 1.54) is 89.9 Å². The minimum atomic E-state index is 0.814. The Kier molecular flexibility index (Phi) is 11.0. The Morgan fingerprint density at radius 1 is 0.850 bits per heavy atom. The molecule has 1 aliphatic rings. The van der Waals surface area contributed by atoms with Gasteiger partial charge < -0.3 is 5.32 Å². The molecule has 20 heavy (non-hydrogen) atoms. The van der Waals surface area contributed by atoms with E-state index in [4.69, 9.17) is 0 Å². The molecule has 1 heteroatoms. The number of hydrogen-bond donors (Lipinski definition) is 1. The molecule has 0 aromatic rings. The summed E-state index contributed by atoms with van der Waals surface area (Å²) < 4.78 is 0. The maximum absolute atomic E-state index is 3.85. The third-order valence-corrected chi connectivity index (χ3v) is 4.70. The summed E-state index contributed by atoms with van der Waals surface area (Å²) >= 11 is 0. The van der Waals surface area contributed by atoms with Crippen LogP contribution in [-0.2, 0) is 0 Å². The van der Waals surface area contributed by atoms with Crippen LogP contribution in [0.5, 0.6) is 0 Å². The van der Waals surface area contributed by atoms with Crippen LogP contribution in [-0.4, -0.2) is 12.1 Å². The Labute approximate surface area is 127 Å². The van der Waals surface area contributed by atoms with E-state index in [1.54, 1.807) is 0 Å². The molecular formula is C19H37N. The fourth-order valence-electron chi connectivity index (χ4n) is 3.38. The summed E-state index contributed by atoms with van der Waals surface area (Å²) in [5.41, 5.74) is 0. The Morgan fingerprint density at radius 3 is 2.00 bits per heavy atom. The fraction of sp³-hybridized carbons (Fsp3) is 0.895. The number of unbranched alkanes of at least 4 members (excludes halogenated alkanes) is 8. The van der Waals surface area contributed by atoms with Crippen molar-refractivity contribution in [2.24, 2.45) is 0 Å². The van der Waals surface area contributed by atoms with Crippen molar-refractivity contribution in [1.29, 1.82) is 0 Å². The van der Waals surface area contributed by atoms with Gasteiger partial charge in [0.2, 0.25) is 0 Å². The minimum absolute atomic E-state index is 0.814. The van der Waals surface area contributed by atoms with Crippen molar-refractivity contribution in [3.05, 3.63) is 12.7 Å². The number of allylic oxidation sites excluding steroid dienone is 1. The van der Waals surface area contributed by atoms with Gasteiger partial charge in [-0.05, 0) is 38.5 Å². The first-order valence-electron chi connectivity index (χ1n) is 9.23. The van der Waals surface area contributed by atoms with E-state index in [-0.39, 0.29) is 0 Å². The SMILES string of the molecule is C=CCCCCC1CCC(CCCCCCCCC)N1. The normalized spacial score (nSPS) is 22.2. The van der Waals surface area contributed by atoms with Gasteiger partial charge in [0.25, 0.3) is 0 Å². The van der Waals surface area contributed by atoms with E-state index in [2.05, 4.69) is 18.8 Å². The van der Waals surface area contributed by atoms with E-state index in [9.17, 15) is 0 Å². The molecule has 0 aliphatic carbocycles. The van der Waals surface area contributed by atoms with Crippen LogP contribution < -0.4 is 5.32 Å². The van der Waals surface area contributed by atoms with Crippen LogP contribution in [0.15, 0.2) is 12.7 Å². The van der Waals surface area contributed by atoms with Crippen LogP contribution in [0.2, 0.25) is 0 Å². The molecule has 0 spiro atoms. The summed E-state index contributed by atoms with van der Waals surface area (Å²) in [6.45, 7) is 6.08. The smallest absolute Gasteiger partial charge is 0.00702 e. The molecule has 2 atom stereocenters. The van der Waals surface area contributed by atoms with Gasteiger partial charge in [-0.1, -0.05) is 64.4 Å². The maximum Gasteiger partial charge on any atom is 0.00702 e. The first-order valence-corrected chi connectivity index (χ1v) is 9.23. The maximum atomic E-state index is 3.85. The van der Waals surface area contributed by atoms with Gasteiger partial charge in [-0.15, -0.1) is 6.58 Å². The Balaban J connectivity index is 1.89. The second-order valence-corrected chi connectivity index (χ2v) is 6.62. The molecule has 0 aromatic carbocycles. The van der Waals surface area contributed by atoms with Gasteiger partial charge in [-0.25, -0.2) is 0 Å². The molecule has 0 saturated carbocycles. The van der Waals surface area contributed by atoms with E-state index in [0.717, 1.165) is 12.1 Å². The Morgan fingerprint density at radius 2 is 1.40 bits per heavy atom. The summed E-state index contributed by atoms with van der Waals surface area (Å²) in [7, 11) is 0. The monoisotopic (exact) mass is 279 g/mol. The fourth-order valence-corrected chi connectivity index (χ4v) is 3.38. The van der Waals surface area contributed by atoms with Crippen molar-refractivity contribution >= 4 is 0 Å². The van der Waals surface area contributed by atoms with Crippen molar-refractivity contribution < 1.29 is 0 Å². The summed E-state index contributed by atoms with van der Waals surface area (Å²) in [6.07, 6.45) is 21.6. The van der Waals surface area contributed by atoms with Crippen molar-refractivity contribution in [3.8, 4) is 0 Å². The van der Waals surface area contributed by atoms with Gasteiger partial charge in [0.05, 0.1) is 0 Å². The van der Waals surface area contributed by atoms with Crippen molar-refractivity contribution in [3.63, 3.8) is 0 Å². The Hall–Kier alpha value is -0.300. The standard InChI is InChI=1S/C19H37N/c1-3-5-7-9-10-11-13-15-19-17-16-18(20-19)14-12-8-6-4-2/h4,18-20H,2-3,5-17H2,1H3. The molecular weight excluding hydrogens is 242 g/mol. The molecule has 1 heterocycles. The molecule has 1 rings (SSSR count). The van der Waals surface area contributed by atoms with Crippen molar-refractivity contribution in [2.45, 2.75) is 109 Å². The molecule has 0 radical (unpaired) electrons. The van der Waals surface area contributed by atoms with Gasteiger partial charge in [0.15, 0.2) is 0 Å². The lowest BCUT2D eigenvalue weighted by Gasteiger charge is -2.14. The molecule has 1 aliphatic heterocycles.